The first kappa shape index (κ1) is 14.9. The highest BCUT2D eigenvalue weighted by Gasteiger charge is 2.15. The molecular weight excluding hydrogens is 323 g/mol. The van der Waals surface area contributed by atoms with Gasteiger partial charge in [0.1, 0.15) is 11.3 Å². The lowest BCUT2D eigenvalue weighted by atomic mass is 10.2. The van der Waals surface area contributed by atoms with Crippen LogP contribution in [0.1, 0.15) is 5.56 Å². The Labute approximate surface area is 131 Å². The van der Waals surface area contributed by atoms with Crippen molar-refractivity contribution in [3.8, 4) is 0 Å². The maximum atomic E-state index is 13.6. The van der Waals surface area contributed by atoms with E-state index in [1.165, 1.54) is 23.5 Å². The Kier molecular flexibility index (Phi) is 3.84. The third-order valence-corrected chi connectivity index (χ3v) is 5.28. The van der Waals surface area contributed by atoms with E-state index in [2.05, 4.69) is 10.3 Å². The van der Waals surface area contributed by atoms with Crippen molar-refractivity contribution in [1.29, 1.82) is 0 Å². The second-order valence-electron chi connectivity index (χ2n) is 4.84. The van der Waals surface area contributed by atoms with Crippen molar-refractivity contribution in [3.05, 3.63) is 53.8 Å². The molecule has 0 saturated heterocycles. The lowest BCUT2D eigenvalue weighted by Gasteiger charge is -2.03. The summed E-state index contributed by atoms with van der Waals surface area (Å²) in [6.07, 6.45) is 1.16. The first-order valence-electron chi connectivity index (χ1n) is 6.52. The van der Waals surface area contributed by atoms with Crippen LogP contribution in [0, 0.1) is 5.82 Å². The molecule has 0 aliphatic carbocycles. The number of hydrogen-bond acceptors (Lipinski definition) is 5. The van der Waals surface area contributed by atoms with Crippen molar-refractivity contribution in [2.75, 3.05) is 11.6 Å². The summed E-state index contributed by atoms with van der Waals surface area (Å²) in [7, 11) is -3.33. The molecule has 2 aromatic carbocycles. The van der Waals surface area contributed by atoms with Gasteiger partial charge in [0, 0.05) is 18.4 Å². The Hall–Kier alpha value is -1.99. The summed E-state index contributed by atoms with van der Waals surface area (Å²) < 4.78 is 37.9. The second kappa shape index (κ2) is 5.66. The predicted octanol–water partition coefficient (Wildman–Crippen LogP) is 3.45. The highest BCUT2D eigenvalue weighted by molar-refractivity contribution is 7.91. The molecule has 114 valence electrons. The summed E-state index contributed by atoms with van der Waals surface area (Å²) in [5, 5.41) is 3.61. The van der Waals surface area contributed by atoms with Gasteiger partial charge in [0.15, 0.2) is 15.0 Å². The molecule has 0 spiro atoms. The maximum absolute atomic E-state index is 13.6. The minimum absolute atomic E-state index is 0.209. The molecule has 3 aromatic rings. The largest absolute Gasteiger partial charge is 0.357 e. The van der Waals surface area contributed by atoms with Crippen LogP contribution in [0.3, 0.4) is 0 Å². The molecule has 7 heteroatoms. The van der Waals surface area contributed by atoms with Crippen LogP contribution in [-0.2, 0) is 16.4 Å². The maximum Gasteiger partial charge on any atom is 0.184 e. The number of nitrogens with one attached hydrogen (secondary N) is 1. The summed E-state index contributed by atoms with van der Waals surface area (Å²) in [5.74, 6) is -0.284. The zero-order valence-electron chi connectivity index (χ0n) is 11.7. The van der Waals surface area contributed by atoms with E-state index in [9.17, 15) is 12.8 Å². The van der Waals surface area contributed by atoms with Crippen molar-refractivity contribution >= 4 is 36.5 Å². The van der Waals surface area contributed by atoms with Gasteiger partial charge in [-0.25, -0.2) is 17.8 Å². The standard InChI is InChI=1S/C15H13FN2O2S2/c1-22(19,20)13-8-4-7-12-14(13)18-15(21-12)17-9-10-5-2-3-6-11(10)16/h2-8H,9H2,1H3,(H,17,18). The van der Waals surface area contributed by atoms with Crippen molar-refractivity contribution < 1.29 is 12.8 Å². The molecule has 1 aromatic heterocycles. The number of anilines is 1. The first-order chi connectivity index (χ1) is 10.4. The van der Waals surface area contributed by atoms with Crippen LogP contribution in [0.4, 0.5) is 9.52 Å². The monoisotopic (exact) mass is 336 g/mol. The number of hydrogen-bond donors (Lipinski definition) is 1. The van der Waals surface area contributed by atoms with Gasteiger partial charge in [0.25, 0.3) is 0 Å². The van der Waals surface area contributed by atoms with Gasteiger partial charge in [-0.3, -0.25) is 0 Å². The van der Waals surface area contributed by atoms with Crippen LogP contribution in [0.5, 0.6) is 0 Å². The molecule has 0 bridgehead atoms. The number of rotatable bonds is 4. The molecular formula is C15H13FN2O2S2. The summed E-state index contributed by atoms with van der Waals surface area (Å²) in [6.45, 7) is 0.292. The summed E-state index contributed by atoms with van der Waals surface area (Å²) in [6, 6.07) is 11.5. The zero-order valence-corrected chi connectivity index (χ0v) is 13.3. The fourth-order valence-corrected chi connectivity index (χ4v) is 3.90. The van der Waals surface area contributed by atoms with Gasteiger partial charge >= 0.3 is 0 Å². The molecule has 0 aliphatic heterocycles. The van der Waals surface area contributed by atoms with Gasteiger partial charge in [-0.15, -0.1) is 0 Å². The number of para-hydroxylation sites is 1. The lowest BCUT2D eigenvalue weighted by Crippen LogP contribution is -2.01. The molecule has 0 fully saturated rings. The number of benzene rings is 2. The first-order valence-corrected chi connectivity index (χ1v) is 9.23. The van der Waals surface area contributed by atoms with E-state index < -0.39 is 9.84 Å². The highest BCUT2D eigenvalue weighted by Crippen LogP contribution is 2.30. The van der Waals surface area contributed by atoms with Gasteiger partial charge in [-0.2, -0.15) is 0 Å². The Morgan fingerprint density at radius 3 is 2.68 bits per heavy atom. The van der Waals surface area contributed by atoms with Crippen LogP contribution in [-0.4, -0.2) is 19.7 Å². The fourth-order valence-electron chi connectivity index (χ4n) is 2.11. The van der Waals surface area contributed by atoms with Crippen molar-refractivity contribution in [2.45, 2.75) is 11.4 Å². The number of nitrogens with zero attached hydrogens (tertiary/aromatic N) is 1. The van der Waals surface area contributed by atoms with Gasteiger partial charge in [0.05, 0.1) is 9.60 Å². The van der Waals surface area contributed by atoms with Crippen molar-refractivity contribution in [1.82, 2.24) is 4.98 Å². The predicted molar refractivity (Wildman–Crippen MR) is 86.5 cm³/mol. The molecule has 0 amide bonds. The number of sulfone groups is 1. The Balaban J connectivity index is 1.92. The van der Waals surface area contributed by atoms with Gasteiger partial charge in [0.2, 0.25) is 0 Å². The van der Waals surface area contributed by atoms with E-state index in [0.29, 0.717) is 22.8 Å². The van der Waals surface area contributed by atoms with E-state index in [-0.39, 0.29) is 10.7 Å². The fraction of sp³-hybridized carbons (Fsp3) is 0.133. The number of fused-ring (bicyclic) bond motifs is 1. The van der Waals surface area contributed by atoms with Crippen molar-refractivity contribution in [2.24, 2.45) is 0 Å². The van der Waals surface area contributed by atoms with Gasteiger partial charge < -0.3 is 5.32 Å². The van der Waals surface area contributed by atoms with E-state index in [1.54, 1.807) is 24.3 Å². The van der Waals surface area contributed by atoms with Crippen molar-refractivity contribution in [3.63, 3.8) is 0 Å². The molecule has 0 unspecified atom stereocenters. The summed E-state index contributed by atoms with van der Waals surface area (Å²) >= 11 is 1.34. The second-order valence-corrected chi connectivity index (χ2v) is 7.85. The van der Waals surface area contributed by atoms with Gasteiger partial charge in [-0.1, -0.05) is 35.6 Å². The Morgan fingerprint density at radius 2 is 1.95 bits per heavy atom. The van der Waals surface area contributed by atoms with Gasteiger partial charge in [-0.05, 0) is 18.2 Å². The van der Waals surface area contributed by atoms with E-state index in [4.69, 9.17) is 0 Å². The summed E-state index contributed by atoms with van der Waals surface area (Å²) in [5.41, 5.74) is 0.983. The van der Waals surface area contributed by atoms with E-state index in [0.717, 1.165) is 11.0 Å². The molecule has 0 saturated carbocycles. The average molecular weight is 336 g/mol. The van der Waals surface area contributed by atoms with Crippen LogP contribution < -0.4 is 5.32 Å². The van der Waals surface area contributed by atoms with Crippen LogP contribution in [0.25, 0.3) is 10.2 Å². The quantitative estimate of drug-likeness (QED) is 0.793. The smallest absolute Gasteiger partial charge is 0.184 e. The van der Waals surface area contributed by atoms with E-state index in [1.807, 2.05) is 6.07 Å². The molecule has 1 heterocycles. The number of thiazole rings is 1. The molecule has 0 radical (unpaired) electrons. The Morgan fingerprint density at radius 1 is 1.18 bits per heavy atom. The molecule has 22 heavy (non-hydrogen) atoms. The van der Waals surface area contributed by atoms with Crippen LogP contribution in [0.2, 0.25) is 0 Å². The normalized spacial score (nSPS) is 11.7. The zero-order chi connectivity index (χ0) is 15.7. The van der Waals surface area contributed by atoms with Crippen LogP contribution >= 0.6 is 11.3 Å². The molecule has 0 aliphatic rings. The number of halogens is 1. The molecule has 4 nitrogen and oxygen atoms in total. The van der Waals surface area contributed by atoms with E-state index >= 15 is 0 Å². The summed E-state index contributed by atoms with van der Waals surface area (Å²) in [4.78, 5) is 4.54. The third-order valence-electron chi connectivity index (χ3n) is 3.17. The minimum atomic E-state index is -3.33. The molecule has 3 rings (SSSR count). The molecule has 0 atom stereocenters. The highest BCUT2D eigenvalue weighted by atomic mass is 32.2. The number of aromatic nitrogens is 1. The minimum Gasteiger partial charge on any atom is -0.357 e. The molecule has 1 N–H and O–H groups in total. The third kappa shape index (κ3) is 2.95. The topological polar surface area (TPSA) is 59.1 Å². The SMILES string of the molecule is CS(=O)(=O)c1cccc2sc(NCc3ccccc3F)nc12. The average Bonchev–Trinajstić information content (AvgIpc) is 2.88. The Bertz CT molecular complexity index is 936. The lowest BCUT2D eigenvalue weighted by molar-refractivity contribution is 0.602. The van der Waals surface area contributed by atoms with Crippen LogP contribution in [0.15, 0.2) is 47.4 Å².